The molecular weight excluding hydrogens is 278 g/mol. The average Bonchev–Trinajstić information content (AvgIpc) is 2.99. The van der Waals surface area contributed by atoms with Crippen molar-refractivity contribution in [2.24, 2.45) is 0 Å². The Morgan fingerprint density at radius 1 is 1.25 bits per heavy atom. The van der Waals surface area contributed by atoms with Crippen LogP contribution in [0.4, 0.5) is 5.69 Å². The van der Waals surface area contributed by atoms with E-state index in [4.69, 9.17) is 25.5 Å². The number of hydrogen-bond acceptors (Lipinski definition) is 4. The van der Waals surface area contributed by atoms with E-state index >= 15 is 0 Å². The van der Waals surface area contributed by atoms with E-state index < -0.39 is 0 Å². The lowest BCUT2D eigenvalue weighted by molar-refractivity contribution is 0.355. The fraction of sp³-hybridized carbons (Fsp3) is 0.333. The summed E-state index contributed by atoms with van der Waals surface area (Å²) in [6.07, 6.45) is 2.54. The number of hydrogen-bond donors (Lipinski definition) is 1. The summed E-state index contributed by atoms with van der Waals surface area (Å²) in [4.78, 5) is 0. The van der Waals surface area contributed by atoms with Gasteiger partial charge in [0.25, 0.3) is 0 Å². The highest BCUT2D eigenvalue weighted by atomic mass is 35.5. The van der Waals surface area contributed by atoms with Gasteiger partial charge in [0.1, 0.15) is 5.76 Å². The molecule has 0 spiro atoms. The van der Waals surface area contributed by atoms with E-state index in [2.05, 4.69) is 12.2 Å². The first-order valence-electron chi connectivity index (χ1n) is 6.41. The number of halogens is 1. The predicted octanol–water partition coefficient (Wildman–Crippen LogP) is 4.51. The van der Waals surface area contributed by atoms with Crippen LogP contribution in [0.2, 0.25) is 5.02 Å². The highest BCUT2D eigenvalue weighted by Gasteiger charge is 2.16. The maximum absolute atomic E-state index is 6.27. The number of methoxy groups -OCH3 is 2. The fourth-order valence-corrected chi connectivity index (χ4v) is 2.22. The van der Waals surface area contributed by atoms with Crippen LogP contribution in [0.25, 0.3) is 0 Å². The maximum atomic E-state index is 6.27. The summed E-state index contributed by atoms with van der Waals surface area (Å²) < 4.78 is 15.9. The lowest BCUT2D eigenvalue weighted by Crippen LogP contribution is -2.09. The molecule has 2 aromatic rings. The van der Waals surface area contributed by atoms with Gasteiger partial charge in [-0.1, -0.05) is 18.5 Å². The van der Waals surface area contributed by atoms with E-state index in [9.17, 15) is 0 Å². The zero-order valence-corrected chi connectivity index (χ0v) is 12.5. The Hall–Kier alpha value is -1.81. The number of ether oxygens (including phenoxy) is 2. The minimum atomic E-state index is 0.0561. The summed E-state index contributed by atoms with van der Waals surface area (Å²) >= 11 is 6.27. The monoisotopic (exact) mass is 295 g/mol. The number of benzene rings is 1. The summed E-state index contributed by atoms with van der Waals surface area (Å²) in [5, 5.41) is 3.94. The lowest BCUT2D eigenvalue weighted by Gasteiger charge is -2.18. The first kappa shape index (κ1) is 14.6. The molecular formula is C15H18ClNO3. The van der Waals surface area contributed by atoms with Crippen molar-refractivity contribution in [2.75, 3.05) is 19.5 Å². The Balaban J connectivity index is 2.28. The van der Waals surface area contributed by atoms with Gasteiger partial charge in [0, 0.05) is 12.1 Å². The number of nitrogens with one attached hydrogen (secondary N) is 1. The first-order chi connectivity index (χ1) is 9.69. The molecule has 0 aliphatic heterocycles. The van der Waals surface area contributed by atoms with Crippen LogP contribution >= 0.6 is 11.6 Å². The van der Waals surface area contributed by atoms with E-state index in [0.29, 0.717) is 16.5 Å². The Bertz CT molecular complexity index is 554. The highest BCUT2D eigenvalue weighted by Crippen LogP contribution is 2.37. The zero-order valence-electron chi connectivity index (χ0n) is 11.8. The van der Waals surface area contributed by atoms with Crippen molar-refractivity contribution < 1.29 is 13.9 Å². The molecule has 0 saturated heterocycles. The van der Waals surface area contributed by atoms with Crippen molar-refractivity contribution in [2.45, 2.75) is 19.4 Å². The Morgan fingerprint density at radius 3 is 2.50 bits per heavy atom. The normalized spacial score (nSPS) is 12.0. The van der Waals surface area contributed by atoms with Crippen LogP contribution < -0.4 is 14.8 Å². The van der Waals surface area contributed by atoms with Crippen LogP contribution in [0.3, 0.4) is 0 Å². The Kier molecular flexibility index (Phi) is 4.79. The van der Waals surface area contributed by atoms with Crippen molar-refractivity contribution in [1.29, 1.82) is 0 Å². The molecule has 5 heteroatoms. The molecule has 1 aromatic heterocycles. The molecule has 4 nitrogen and oxygen atoms in total. The molecule has 0 saturated carbocycles. The third-order valence-electron chi connectivity index (χ3n) is 3.10. The third-order valence-corrected chi connectivity index (χ3v) is 3.41. The van der Waals surface area contributed by atoms with Crippen LogP contribution in [0.1, 0.15) is 25.1 Å². The smallest absolute Gasteiger partial charge is 0.162 e. The van der Waals surface area contributed by atoms with Crippen LogP contribution in [-0.4, -0.2) is 14.2 Å². The van der Waals surface area contributed by atoms with Gasteiger partial charge in [-0.3, -0.25) is 0 Å². The maximum Gasteiger partial charge on any atom is 0.162 e. The van der Waals surface area contributed by atoms with E-state index in [1.54, 1.807) is 26.5 Å². The summed E-state index contributed by atoms with van der Waals surface area (Å²) in [7, 11) is 3.18. The van der Waals surface area contributed by atoms with E-state index in [1.807, 2.05) is 18.2 Å². The van der Waals surface area contributed by atoms with Gasteiger partial charge >= 0.3 is 0 Å². The molecule has 1 atom stereocenters. The SMILES string of the molecule is CCC(Nc1cc(OC)c(OC)cc1Cl)c1ccco1. The van der Waals surface area contributed by atoms with Gasteiger partial charge in [-0.05, 0) is 18.6 Å². The quantitative estimate of drug-likeness (QED) is 0.851. The summed E-state index contributed by atoms with van der Waals surface area (Å²) in [6, 6.07) is 7.43. The van der Waals surface area contributed by atoms with Gasteiger partial charge < -0.3 is 19.2 Å². The molecule has 0 amide bonds. The second-order valence-corrected chi connectivity index (χ2v) is 4.71. The van der Waals surface area contributed by atoms with Crippen LogP contribution in [0.5, 0.6) is 11.5 Å². The molecule has 0 fully saturated rings. The molecule has 2 rings (SSSR count). The van der Waals surface area contributed by atoms with Gasteiger partial charge in [-0.15, -0.1) is 0 Å². The van der Waals surface area contributed by atoms with E-state index in [0.717, 1.165) is 17.9 Å². The number of anilines is 1. The summed E-state index contributed by atoms with van der Waals surface area (Å²) in [6.45, 7) is 2.08. The fourth-order valence-electron chi connectivity index (χ4n) is 2.02. The standard InChI is InChI=1S/C15H18ClNO3/c1-4-11(13-6-5-7-20-13)17-12-9-15(19-3)14(18-2)8-10(12)16/h5-9,11,17H,4H2,1-3H3. The van der Waals surface area contributed by atoms with Crippen LogP contribution in [0.15, 0.2) is 34.9 Å². The summed E-state index contributed by atoms with van der Waals surface area (Å²) in [5.41, 5.74) is 0.785. The third kappa shape index (κ3) is 3.02. The van der Waals surface area contributed by atoms with Gasteiger partial charge in [-0.25, -0.2) is 0 Å². The highest BCUT2D eigenvalue weighted by molar-refractivity contribution is 6.33. The molecule has 0 bridgehead atoms. The predicted molar refractivity (Wildman–Crippen MR) is 79.9 cm³/mol. The average molecular weight is 296 g/mol. The van der Waals surface area contributed by atoms with Gasteiger partial charge in [-0.2, -0.15) is 0 Å². The van der Waals surface area contributed by atoms with Crippen LogP contribution in [0, 0.1) is 0 Å². The molecule has 108 valence electrons. The molecule has 1 N–H and O–H groups in total. The van der Waals surface area contributed by atoms with Crippen molar-refractivity contribution >= 4 is 17.3 Å². The topological polar surface area (TPSA) is 43.6 Å². The van der Waals surface area contributed by atoms with Crippen molar-refractivity contribution in [3.8, 4) is 11.5 Å². The van der Waals surface area contributed by atoms with Gasteiger partial charge in [0.05, 0.1) is 37.2 Å². The van der Waals surface area contributed by atoms with E-state index in [-0.39, 0.29) is 6.04 Å². The van der Waals surface area contributed by atoms with E-state index in [1.165, 1.54) is 0 Å². The van der Waals surface area contributed by atoms with Crippen molar-refractivity contribution in [1.82, 2.24) is 0 Å². The zero-order chi connectivity index (χ0) is 14.5. The largest absolute Gasteiger partial charge is 0.493 e. The molecule has 0 radical (unpaired) electrons. The van der Waals surface area contributed by atoms with Crippen LogP contribution in [-0.2, 0) is 0 Å². The molecule has 1 unspecified atom stereocenters. The van der Waals surface area contributed by atoms with Gasteiger partial charge in [0.2, 0.25) is 0 Å². The minimum Gasteiger partial charge on any atom is -0.493 e. The minimum absolute atomic E-state index is 0.0561. The lowest BCUT2D eigenvalue weighted by atomic mass is 10.1. The number of rotatable bonds is 6. The second-order valence-electron chi connectivity index (χ2n) is 4.31. The summed E-state index contributed by atoms with van der Waals surface area (Å²) in [5.74, 6) is 2.11. The molecule has 1 heterocycles. The van der Waals surface area contributed by atoms with Crippen molar-refractivity contribution in [3.05, 3.63) is 41.3 Å². The molecule has 1 aromatic carbocycles. The Labute approximate surface area is 123 Å². The number of furan rings is 1. The van der Waals surface area contributed by atoms with Crippen molar-refractivity contribution in [3.63, 3.8) is 0 Å². The molecule has 20 heavy (non-hydrogen) atoms. The first-order valence-corrected chi connectivity index (χ1v) is 6.78. The van der Waals surface area contributed by atoms with Gasteiger partial charge in [0.15, 0.2) is 11.5 Å². The second kappa shape index (κ2) is 6.57. The molecule has 0 aliphatic carbocycles. The Morgan fingerprint density at radius 2 is 1.95 bits per heavy atom. The molecule has 0 aliphatic rings.